The lowest BCUT2D eigenvalue weighted by Crippen LogP contribution is -2.17. The van der Waals surface area contributed by atoms with E-state index in [0.29, 0.717) is 17.1 Å². The van der Waals surface area contributed by atoms with Crippen LogP contribution in [0.15, 0.2) is 46.3 Å². The van der Waals surface area contributed by atoms with Crippen LogP contribution < -0.4 is 11.1 Å². The highest BCUT2D eigenvalue weighted by molar-refractivity contribution is 7.13. The van der Waals surface area contributed by atoms with E-state index in [0.717, 1.165) is 10.4 Å². The van der Waals surface area contributed by atoms with Gasteiger partial charge in [0.2, 0.25) is 5.88 Å². The summed E-state index contributed by atoms with van der Waals surface area (Å²) in [7, 11) is 0. The maximum absolute atomic E-state index is 12.3. The second kappa shape index (κ2) is 6.86. The van der Waals surface area contributed by atoms with Gasteiger partial charge >= 0.3 is 0 Å². The smallest absolute Gasteiger partial charge is 0.258 e. The summed E-state index contributed by atoms with van der Waals surface area (Å²) in [6.07, 6.45) is 0. The summed E-state index contributed by atoms with van der Waals surface area (Å²) in [4.78, 5) is 24.8. The topological polar surface area (TPSA) is 98.2 Å². The van der Waals surface area contributed by atoms with Crippen molar-refractivity contribution < 1.29 is 14.1 Å². The number of amides is 2. The molecule has 8 heteroatoms. The molecule has 3 rings (SSSR count). The van der Waals surface area contributed by atoms with Gasteiger partial charge in [0.25, 0.3) is 11.8 Å². The molecule has 0 atom stereocenters. The number of hydrogen-bond acceptors (Lipinski definition) is 5. The Morgan fingerprint density at radius 1 is 1.25 bits per heavy atom. The van der Waals surface area contributed by atoms with E-state index >= 15 is 0 Å². The summed E-state index contributed by atoms with van der Waals surface area (Å²) in [6.45, 7) is 0. The largest absolute Gasteiger partial charge is 0.365 e. The Morgan fingerprint density at radius 2 is 2.00 bits per heavy atom. The molecule has 3 N–H and O–H groups in total. The zero-order chi connectivity index (χ0) is 17.1. The quantitative estimate of drug-likeness (QED) is 0.679. The van der Waals surface area contributed by atoms with Crippen LogP contribution in [0, 0.1) is 0 Å². The van der Waals surface area contributed by atoms with Gasteiger partial charge in [0, 0.05) is 11.4 Å². The van der Waals surface area contributed by atoms with Crippen molar-refractivity contribution in [3.8, 4) is 10.6 Å². The molecule has 0 saturated carbocycles. The van der Waals surface area contributed by atoms with Crippen LogP contribution >= 0.6 is 22.9 Å². The van der Waals surface area contributed by atoms with Crippen molar-refractivity contribution in [1.29, 1.82) is 0 Å². The third-order valence-corrected chi connectivity index (χ3v) is 4.48. The molecule has 0 aliphatic heterocycles. The van der Waals surface area contributed by atoms with Crippen LogP contribution in [0.5, 0.6) is 0 Å². The van der Waals surface area contributed by atoms with Crippen LogP contribution in [0.1, 0.15) is 26.3 Å². The molecule has 3 aromatic rings. The number of alkyl halides is 1. The Bertz CT molecular complexity index is 873. The van der Waals surface area contributed by atoms with E-state index in [1.54, 1.807) is 30.3 Å². The number of nitrogens with zero attached hydrogens (tertiary/aromatic N) is 1. The predicted octanol–water partition coefficient (Wildman–Crippen LogP) is 3.49. The highest BCUT2D eigenvalue weighted by atomic mass is 35.5. The average Bonchev–Trinajstić information content (AvgIpc) is 3.23. The summed E-state index contributed by atoms with van der Waals surface area (Å²) < 4.78 is 5.12. The number of nitrogens with two attached hydrogens (primary N) is 1. The summed E-state index contributed by atoms with van der Waals surface area (Å²) >= 11 is 7.11. The Morgan fingerprint density at radius 3 is 2.58 bits per heavy atom. The van der Waals surface area contributed by atoms with Crippen molar-refractivity contribution in [1.82, 2.24) is 5.16 Å². The molecule has 0 aliphatic rings. The number of aromatic nitrogens is 1. The molecule has 2 heterocycles. The Balaban J connectivity index is 1.89. The lowest BCUT2D eigenvalue weighted by molar-refractivity contribution is 0.100. The first-order valence-electron chi connectivity index (χ1n) is 6.89. The second-order valence-electron chi connectivity index (χ2n) is 4.86. The number of benzene rings is 1. The van der Waals surface area contributed by atoms with Gasteiger partial charge in [0.1, 0.15) is 11.3 Å². The van der Waals surface area contributed by atoms with E-state index in [-0.39, 0.29) is 11.4 Å². The van der Waals surface area contributed by atoms with E-state index in [2.05, 4.69) is 10.5 Å². The van der Waals surface area contributed by atoms with E-state index in [9.17, 15) is 9.59 Å². The summed E-state index contributed by atoms with van der Waals surface area (Å²) in [5.41, 5.74) is 7.06. The van der Waals surface area contributed by atoms with Crippen LogP contribution in [0.4, 0.5) is 5.88 Å². The van der Waals surface area contributed by atoms with Gasteiger partial charge in [-0.25, -0.2) is 0 Å². The Hall–Kier alpha value is -2.64. The van der Waals surface area contributed by atoms with E-state index in [1.165, 1.54) is 11.3 Å². The van der Waals surface area contributed by atoms with Crippen LogP contribution in [0.2, 0.25) is 0 Å². The number of thiophene rings is 1. The lowest BCUT2D eigenvalue weighted by Gasteiger charge is -2.04. The first kappa shape index (κ1) is 16.2. The van der Waals surface area contributed by atoms with Gasteiger partial charge in [-0.2, -0.15) is 0 Å². The second-order valence-corrected chi connectivity index (χ2v) is 6.08. The Labute approximate surface area is 146 Å². The highest BCUT2D eigenvalue weighted by Gasteiger charge is 2.24. The third kappa shape index (κ3) is 3.17. The molecule has 0 radical (unpaired) electrons. The first-order chi connectivity index (χ1) is 11.6. The number of anilines is 1. The zero-order valence-electron chi connectivity index (χ0n) is 12.3. The van der Waals surface area contributed by atoms with E-state index in [1.807, 2.05) is 11.4 Å². The molecule has 2 amide bonds. The average molecular weight is 362 g/mol. The van der Waals surface area contributed by atoms with Gasteiger partial charge in [0.05, 0.1) is 4.88 Å². The molecule has 122 valence electrons. The highest BCUT2D eigenvalue weighted by Crippen LogP contribution is 2.31. The minimum absolute atomic E-state index is 0.0446. The van der Waals surface area contributed by atoms with Crippen LogP contribution in [-0.4, -0.2) is 17.0 Å². The van der Waals surface area contributed by atoms with Gasteiger partial charge < -0.3 is 10.3 Å². The Kier molecular flexibility index (Phi) is 4.64. The number of hydrogen-bond donors (Lipinski definition) is 2. The fourth-order valence-corrected chi connectivity index (χ4v) is 3.00. The fourth-order valence-electron chi connectivity index (χ4n) is 2.11. The molecule has 0 saturated heterocycles. The standard InChI is InChI=1S/C16H12ClN3O3S/c17-8-9-3-5-10(6-4-9)15(22)19-16-12(14(18)21)13(20-23-16)11-2-1-7-24-11/h1-7H,8H2,(H2,18,21)(H,19,22). The minimum atomic E-state index is -0.729. The summed E-state index contributed by atoms with van der Waals surface area (Å²) in [6, 6.07) is 10.4. The fraction of sp³-hybridized carbons (Fsp3) is 0.0625. The molecular formula is C16H12ClN3O3S. The lowest BCUT2D eigenvalue weighted by atomic mass is 10.1. The van der Waals surface area contributed by atoms with Crippen molar-refractivity contribution in [3.05, 3.63) is 58.5 Å². The van der Waals surface area contributed by atoms with E-state index < -0.39 is 11.8 Å². The monoisotopic (exact) mass is 361 g/mol. The van der Waals surface area contributed by atoms with Crippen molar-refractivity contribution in [3.63, 3.8) is 0 Å². The molecule has 0 bridgehead atoms. The summed E-state index contributed by atoms with van der Waals surface area (Å²) in [5, 5.41) is 8.23. The SMILES string of the molecule is NC(=O)c1c(-c2cccs2)noc1NC(=O)c1ccc(CCl)cc1. The number of carbonyl (C=O) groups is 2. The van der Waals surface area contributed by atoms with Crippen molar-refractivity contribution in [2.75, 3.05) is 5.32 Å². The molecule has 0 aliphatic carbocycles. The van der Waals surface area contributed by atoms with Gasteiger partial charge in [0.15, 0.2) is 0 Å². The van der Waals surface area contributed by atoms with Crippen molar-refractivity contribution >= 4 is 40.6 Å². The number of halogens is 1. The minimum Gasteiger partial charge on any atom is -0.365 e. The van der Waals surface area contributed by atoms with E-state index in [4.69, 9.17) is 21.9 Å². The maximum Gasteiger partial charge on any atom is 0.258 e. The van der Waals surface area contributed by atoms with Crippen molar-refractivity contribution in [2.24, 2.45) is 5.73 Å². The van der Waals surface area contributed by atoms with Gasteiger partial charge in [-0.15, -0.1) is 22.9 Å². The number of primary amides is 1. The molecule has 24 heavy (non-hydrogen) atoms. The van der Waals surface area contributed by atoms with Crippen LogP contribution in [0.25, 0.3) is 10.6 Å². The zero-order valence-corrected chi connectivity index (χ0v) is 13.9. The number of carbonyl (C=O) groups excluding carboxylic acids is 2. The van der Waals surface area contributed by atoms with Gasteiger partial charge in [-0.1, -0.05) is 23.4 Å². The van der Waals surface area contributed by atoms with Gasteiger partial charge in [-0.05, 0) is 29.1 Å². The van der Waals surface area contributed by atoms with Crippen molar-refractivity contribution in [2.45, 2.75) is 5.88 Å². The van der Waals surface area contributed by atoms with Gasteiger partial charge in [-0.3, -0.25) is 14.9 Å². The normalized spacial score (nSPS) is 10.5. The molecule has 0 unspecified atom stereocenters. The number of nitrogens with one attached hydrogen (secondary N) is 1. The first-order valence-corrected chi connectivity index (χ1v) is 8.31. The molecule has 6 nitrogen and oxygen atoms in total. The molecule has 0 fully saturated rings. The predicted molar refractivity (Wildman–Crippen MR) is 92.3 cm³/mol. The number of rotatable bonds is 5. The molecule has 2 aromatic heterocycles. The third-order valence-electron chi connectivity index (χ3n) is 3.29. The molecular weight excluding hydrogens is 350 g/mol. The molecule has 0 spiro atoms. The maximum atomic E-state index is 12.3. The molecule has 1 aromatic carbocycles. The van der Waals surface area contributed by atoms with Crippen LogP contribution in [0.3, 0.4) is 0 Å². The van der Waals surface area contributed by atoms with Crippen LogP contribution in [-0.2, 0) is 5.88 Å². The summed E-state index contributed by atoms with van der Waals surface area (Å²) in [5.74, 6) is -0.878.